The number of aryl methyl sites for hydroxylation is 1. The largest absolute Gasteiger partial charge is 0.378 e. The van der Waals surface area contributed by atoms with E-state index < -0.39 is 0 Å². The zero-order valence-corrected chi connectivity index (χ0v) is 11.8. The molecule has 1 saturated heterocycles. The molecule has 1 fully saturated rings. The minimum Gasteiger partial charge on any atom is -0.378 e. The van der Waals surface area contributed by atoms with Gasteiger partial charge < -0.3 is 10.1 Å². The maximum Gasteiger partial charge on any atom is 0.0594 e. The van der Waals surface area contributed by atoms with E-state index >= 15 is 0 Å². The minimum absolute atomic E-state index is 0.380. The van der Waals surface area contributed by atoms with Crippen molar-refractivity contribution in [3.63, 3.8) is 0 Å². The number of nitrogens with one attached hydrogen (secondary N) is 1. The Morgan fingerprint density at radius 2 is 2.41 bits per heavy atom. The van der Waals surface area contributed by atoms with E-state index in [0.29, 0.717) is 18.1 Å². The Labute approximate surface area is 108 Å². The summed E-state index contributed by atoms with van der Waals surface area (Å²) in [6.07, 6.45) is 2.74. The molecule has 17 heavy (non-hydrogen) atoms. The Bertz CT molecular complexity index is 350. The predicted molar refractivity (Wildman–Crippen MR) is 73.6 cm³/mol. The molecule has 0 radical (unpaired) electrons. The van der Waals surface area contributed by atoms with E-state index in [0.717, 1.165) is 13.2 Å². The topological polar surface area (TPSA) is 21.3 Å². The van der Waals surface area contributed by atoms with Gasteiger partial charge in [0.05, 0.1) is 6.10 Å². The van der Waals surface area contributed by atoms with Crippen LogP contribution in [0.3, 0.4) is 0 Å². The maximum atomic E-state index is 5.73. The highest BCUT2D eigenvalue weighted by Gasteiger charge is 2.33. The molecule has 1 aliphatic heterocycles. The zero-order chi connectivity index (χ0) is 12.3. The van der Waals surface area contributed by atoms with E-state index in [9.17, 15) is 0 Å². The highest BCUT2D eigenvalue weighted by Crippen LogP contribution is 2.36. The van der Waals surface area contributed by atoms with Gasteiger partial charge in [0.15, 0.2) is 0 Å². The summed E-state index contributed by atoms with van der Waals surface area (Å²) in [4.78, 5) is 1.50. The van der Waals surface area contributed by atoms with Gasteiger partial charge in [0.1, 0.15) is 0 Å². The lowest BCUT2D eigenvalue weighted by atomic mass is 9.91. The Hall–Kier alpha value is -0.380. The first-order valence-corrected chi connectivity index (χ1v) is 7.51. The van der Waals surface area contributed by atoms with Crippen LogP contribution in [-0.4, -0.2) is 19.3 Å². The van der Waals surface area contributed by atoms with Crippen LogP contribution in [-0.2, 0) is 4.74 Å². The summed E-state index contributed by atoms with van der Waals surface area (Å²) in [6, 6.07) is 2.70. The quantitative estimate of drug-likeness (QED) is 0.867. The summed E-state index contributed by atoms with van der Waals surface area (Å²) in [5.74, 6) is 0.624. The van der Waals surface area contributed by atoms with Crippen LogP contribution in [0.15, 0.2) is 11.4 Å². The molecule has 2 rings (SSSR count). The third kappa shape index (κ3) is 2.90. The number of rotatable bonds is 5. The van der Waals surface area contributed by atoms with Crippen molar-refractivity contribution in [2.75, 3.05) is 13.2 Å². The van der Waals surface area contributed by atoms with Crippen LogP contribution in [0, 0.1) is 12.8 Å². The second kappa shape index (κ2) is 5.98. The van der Waals surface area contributed by atoms with Crippen LogP contribution in [0.5, 0.6) is 0 Å². The molecule has 96 valence electrons. The van der Waals surface area contributed by atoms with Crippen molar-refractivity contribution < 1.29 is 4.74 Å². The van der Waals surface area contributed by atoms with E-state index in [1.165, 1.54) is 23.3 Å². The summed E-state index contributed by atoms with van der Waals surface area (Å²) >= 11 is 1.88. The molecule has 3 atom stereocenters. The fourth-order valence-electron chi connectivity index (χ4n) is 2.63. The van der Waals surface area contributed by atoms with Crippen molar-refractivity contribution in [3.05, 3.63) is 21.9 Å². The standard InChI is InChI=1S/C14H23NOS/c1-4-7-15-13(12-5-8-16-11(12)3)14-10(2)6-9-17-14/h6,9,11-13,15H,4-5,7-8H2,1-3H3. The lowest BCUT2D eigenvalue weighted by Crippen LogP contribution is -2.32. The zero-order valence-electron chi connectivity index (χ0n) is 11.0. The average Bonchev–Trinajstić information content (AvgIpc) is 2.90. The van der Waals surface area contributed by atoms with Gasteiger partial charge in [0.2, 0.25) is 0 Å². The molecular formula is C14H23NOS. The smallest absolute Gasteiger partial charge is 0.0594 e. The summed E-state index contributed by atoms with van der Waals surface area (Å²) in [5.41, 5.74) is 1.42. The fraction of sp³-hybridized carbons (Fsp3) is 0.714. The van der Waals surface area contributed by atoms with E-state index in [-0.39, 0.29) is 0 Å². The highest BCUT2D eigenvalue weighted by atomic mass is 32.1. The van der Waals surface area contributed by atoms with Crippen molar-refractivity contribution in [3.8, 4) is 0 Å². The number of hydrogen-bond donors (Lipinski definition) is 1. The molecule has 2 nitrogen and oxygen atoms in total. The van der Waals surface area contributed by atoms with Gasteiger partial charge in [0.25, 0.3) is 0 Å². The third-order valence-corrected chi connectivity index (χ3v) is 4.76. The first kappa shape index (κ1) is 13.1. The van der Waals surface area contributed by atoms with E-state index in [2.05, 4.69) is 37.5 Å². The fourth-order valence-corrected chi connectivity index (χ4v) is 3.70. The average molecular weight is 253 g/mol. The van der Waals surface area contributed by atoms with E-state index in [1.807, 2.05) is 11.3 Å². The highest BCUT2D eigenvalue weighted by molar-refractivity contribution is 7.10. The van der Waals surface area contributed by atoms with Crippen LogP contribution in [0.1, 0.15) is 43.2 Å². The van der Waals surface area contributed by atoms with Crippen LogP contribution < -0.4 is 5.32 Å². The Kier molecular flexibility index (Phi) is 4.60. The number of ether oxygens (including phenoxy) is 1. The lowest BCUT2D eigenvalue weighted by Gasteiger charge is -2.27. The third-order valence-electron chi connectivity index (χ3n) is 3.66. The lowest BCUT2D eigenvalue weighted by molar-refractivity contribution is 0.0957. The Balaban J connectivity index is 2.15. The normalized spacial score (nSPS) is 26.3. The second-order valence-electron chi connectivity index (χ2n) is 4.93. The molecule has 0 aliphatic carbocycles. The van der Waals surface area contributed by atoms with Crippen LogP contribution in [0.4, 0.5) is 0 Å². The van der Waals surface area contributed by atoms with Crippen molar-refractivity contribution in [1.82, 2.24) is 5.32 Å². The molecule has 1 aromatic rings. The van der Waals surface area contributed by atoms with Crippen molar-refractivity contribution >= 4 is 11.3 Å². The molecule has 0 amide bonds. The molecule has 3 unspecified atom stereocenters. The van der Waals surface area contributed by atoms with Crippen molar-refractivity contribution in [2.24, 2.45) is 5.92 Å². The van der Waals surface area contributed by atoms with Crippen LogP contribution in [0.25, 0.3) is 0 Å². The van der Waals surface area contributed by atoms with Gasteiger partial charge in [-0.2, -0.15) is 0 Å². The first-order valence-electron chi connectivity index (χ1n) is 6.63. The summed E-state index contributed by atoms with van der Waals surface area (Å²) < 4.78 is 5.73. The molecule has 0 spiro atoms. The maximum absolute atomic E-state index is 5.73. The molecule has 1 aliphatic rings. The molecule has 0 saturated carbocycles. The van der Waals surface area contributed by atoms with Gasteiger partial charge in [-0.15, -0.1) is 11.3 Å². The Morgan fingerprint density at radius 1 is 1.59 bits per heavy atom. The van der Waals surface area contributed by atoms with Gasteiger partial charge in [-0.1, -0.05) is 6.92 Å². The number of hydrogen-bond acceptors (Lipinski definition) is 3. The second-order valence-corrected chi connectivity index (χ2v) is 5.88. The van der Waals surface area contributed by atoms with Crippen LogP contribution >= 0.6 is 11.3 Å². The van der Waals surface area contributed by atoms with Gasteiger partial charge in [-0.3, -0.25) is 0 Å². The van der Waals surface area contributed by atoms with Gasteiger partial charge in [-0.05, 0) is 50.2 Å². The molecule has 3 heteroatoms. The summed E-state index contributed by atoms with van der Waals surface area (Å²) in [7, 11) is 0. The molecule has 1 N–H and O–H groups in total. The van der Waals surface area contributed by atoms with Gasteiger partial charge in [-0.25, -0.2) is 0 Å². The van der Waals surface area contributed by atoms with Crippen molar-refractivity contribution in [1.29, 1.82) is 0 Å². The molecule has 0 aromatic carbocycles. The van der Waals surface area contributed by atoms with Gasteiger partial charge in [0, 0.05) is 23.4 Å². The molecule has 0 bridgehead atoms. The monoisotopic (exact) mass is 253 g/mol. The summed E-state index contributed by atoms with van der Waals surface area (Å²) in [6.45, 7) is 8.65. The predicted octanol–water partition coefficient (Wildman–Crippen LogP) is 3.52. The SMILES string of the molecule is CCCNC(c1sccc1C)C1CCOC1C. The van der Waals surface area contributed by atoms with E-state index in [1.54, 1.807) is 0 Å². The van der Waals surface area contributed by atoms with Crippen molar-refractivity contribution in [2.45, 2.75) is 45.8 Å². The van der Waals surface area contributed by atoms with Gasteiger partial charge >= 0.3 is 0 Å². The summed E-state index contributed by atoms with van der Waals surface area (Å²) in [5, 5.41) is 5.92. The molecular weight excluding hydrogens is 230 g/mol. The molecule has 2 heterocycles. The van der Waals surface area contributed by atoms with E-state index in [4.69, 9.17) is 4.74 Å². The first-order chi connectivity index (χ1) is 8.24. The van der Waals surface area contributed by atoms with Crippen LogP contribution in [0.2, 0.25) is 0 Å². The number of thiophene rings is 1. The minimum atomic E-state index is 0.380. The Morgan fingerprint density at radius 3 is 2.94 bits per heavy atom. The molecule has 1 aromatic heterocycles.